The highest BCUT2D eigenvalue weighted by Crippen LogP contribution is 2.44. The summed E-state index contributed by atoms with van der Waals surface area (Å²) in [6.45, 7) is 0. The van der Waals surface area contributed by atoms with Crippen LogP contribution in [0.25, 0.3) is 22.3 Å². The number of benzene rings is 2. The van der Waals surface area contributed by atoms with Gasteiger partial charge < -0.3 is 4.42 Å². The maximum Gasteiger partial charge on any atom is 0.139 e. The molecule has 1 aliphatic rings. The maximum absolute atomic E-state index is 6.23. The molecule has 82 valence electrons. The summed E-state index contributed by atoms with van der Waals surface area (Å²) in [5.41, 5.74) is 4.56. The molecule has 1 nitrogen and oxygen atoms in total. The van der Waals surface area contributed by atoms with Gasteiger partial charge in [-0.25, -0.2) is 0 Å². The fourth-order valence-corrected chi connectivity index (χ4v) is 2.86. The molecule has 0 amide bonds. The smallest absolute Gasteiger partial charge is 0.139 e. The second kappa shape index (κ2) is 3.14. The first-order valence-corrected chi connectivity index (χ1v) is 6.00. The molecule has 0 unspecified atom stereocenters. The minimum atomic E-state index is 0.831. The molecule has 17 heavy (non-hydrogen) atoms. The molecule has 2 heteroatoms. The highest BCUT2D eigenvalue weighted by molar-refractivity contribution is 6.32. The molecule has 0 saturated heterocycles. The van der Waals surface area contributed by atoms with Gasteiger partial charge in [0.05, 0.1) is 0 Å². The van der Waals surface area contributed by atoms with Gasteiger partial charge in [0.2, 0.25) is 0 Å². The monoisotopic (exact) mass is 240 g/mol. The molecule has 0 radical (unpaired) electrons. The van der Waals surface area contributed by atoms with Crippen LogP contribution in [0.2, 0.25) is 5.02 Å². The molecule has 0 saturated carbocycles. The van der Waals surface area contributed by atoms with Crippen LogP contribution in [-0.4, -0.2) is 0 Å². The van der Waals surface area contributed by atoms with Crippen molar-refractivity contribution < 1.29 is 4.42 Å². The Morgan fingerprint density at radius 1 is 0.941 bits per heavy atom. The van der Waals surface area contributed by atoms with Crippen LogP contribution in [-0.2, 0) is 6.42 Å². The Kier molecular flexibility index (Phi) is 1.72. The van der Waals surface area contributed by atoms with Crippen LogP contribution in [0.5, 0.6) is 0 Å². The van der Waals surface area contributed by atoms with Gasteiger partial charge in [0.1, 0.15) is 11.3 Å². The van der Waals surface area contributed by atoms with E-state index < -0.39 is 0 Å². The molecular formula is C15H9ClO. The van der Waals surface area contributed by atoms with Crippen LogP contribution in [0.1, 0.15) is 11.1 Å². The van der Waals surface area contributed by atoms with Crippen LogP contribution in [0, 0.1) is 0 Å². The number of fused-ring (bicyclic) bond motifs is 5. The number of hydrogen-bond donors (Lipinski definition) is 0. The number of halogens is 1. The summed E-state index contributed by atoms with van der Waals surface area (Å²) in [6.07, 6.45) is 0.876. The van der Waals surface area contributed by atoms with Crippen molar-refractivity contribution >= 4 is 22.6 Å². The van der Waals surface area contributed by atoms with Crippen LogP contribution >= 0.6 is 11.6 Å². The molecule has 1 heterocycles. The average molecular weight is 241 g/mol. The van der Waals surface area contributed by atoms with Crippen LogP contribution in [0.3, 0.4) is 0 Å². The van der Waals surface area contributed by atoms with Gasteiger partial charge in [-0.3, -0.25) is 0 Å². The van der Waals surface area contributed by atoms with Gasteiger partial charge in [0.15, 0.2) is 0 Å². The van der Waals surface area contributed by atoms with E-state index in [2.05, 4.69) is 12.1 Å². The van der Waals surface area contributed by atoms with Gasteiger partial charge in [-0.1, -0.05) is 41.9 Å². The Bertz CT molecular complexity index is 740. The summed E-state index contributed by atoms with van der Waals surface area (Å²) in [5, 5.41) is 2.03. The first-order chi connectivity index (χ1) is 8.34. The summed E-state index contributed by atoms with van der Waals surface area (Å²) in [5.74, 6) is 0.990. The van der Waals surface area contributed by atoms with Crippen molar-refractivity contribution in [3.63, 3.8) is 0 Å². The third-order valence-corrected chi connectivity index (χ3v) is 3.77. The van der Waals surface area contributed by atoms with E-state index in [1.54, 1.807) is 0 Å². The second-order valence-electron chi connectivity index (χ2n) is 4.35. The normalized spacial score (nSPS) is 12.8. The molecule has 0 bridgehead atoms. The van der Waals surface area contributed by atoms with Crippen molar-refractivity contribution in [1.82, 2.24) is 0 Å². The summed E-state index contributed by atoms with van der Waals surface area (Å²) in [4.78, 5) is 0. The van der Waals surface area contributed by atoms with Crippen molar-refractivity contribution in [2.45, 2.75) is 6.42 Å². The Morgan fingerprint density at radius 2 is 1.82 bits per heavy atom. The maximum atomic E-state index is 6.23. The summed E-state index contributed by atoms with van der Waals surface area (Å²) in [6, 6.07) is 14.2. The number of hydrogen-bond acceptors (Lipinski definition) is 1. The van der Waals surface area contributed by atoms with Gasteiger partial charge in [-0.2, -0.15) is 0 Å². The predicted octanol–water partition coefficient (Wildman–Crippen LogP) is 4.66. The van der Waals surface area contributed by atoms with E-state index >= 15 is 0 Å². The Labute approximate surface area is 104 Å². The Hall–Kier alpha value is -1.73. The summed E-state index contributed by atoms with van der Waals surface area (Å²) in [7, 11) is 0. The van der Waals surface area contributed by atoms with Crippen molar-refractivity contribution in [3.8, 4) is 11.3 Å². The zero-order chi connectivity index (χ0) is 11.4. The number of rotatable bonds is 0. The minimum Gasteiger partial charge on any atom is -0.456 e. The van der Waals surface area contributed by atoms with Crippen LogP contribution in [0.4, 0.5) is 0 Å². The summed E-state index contributed by atoms with van der Waals surface area (Å²) < 4.78 is 5.93. The lowest BCUT2D eigenvalue weighted by Gasteiger charge is -2.00. The van der Waals surface area contributed by atoms with E-state index in [-0.39, 0.29) is 0 Å². The molecule has 0 aliphatic heterocycles. The van der Waals surface area contributed by atoms with Gasteiger partial charge >= 0.3 is 0 Å². The fourth-order valence-electron chi connectivity index (χ4n) is 2.62. The zero-order valence-corrected chi connectivity index (χ0v) is 9.79. The fraction of sp³-hybridized carbons (Fsp3) is 0.0667. The minimum absolute atomic E-state index is 0.831. The highest BCUT2D eigenvalue weighted by atomic mass is 35.5. The van der Waals surface area contributed by atoms with E-state index in [0.29, 0.717) is 0 Å². The predicted molar refractivity (Wildman–Crippen MR) is 69.5 cm³/mol. The Morgan fingerprint density at radius 3 is 2.76 bits per heavy atom. The van der Waals surface area contributed by atoms with Gasteiger partial charge in [0.25, 0.3) is 0 Å². The molecule has 2 aromatic carbocycles. The van der Waals surface area contributed by atoms with E-state index in [1.165, 1.54) is 16.5 Å². The van der Waals surface area contributed by atoms with Crippen molar-refractivity contribution in [2.24, 2.45) is 0 Å². The average Bonchev–Trinajstić information content (AvgIpc) is 2.87. The van der Waals surface area contributed by atoms with E-state index in [1.807, 2.05) is 30.3 Å². The quantitative estimate of drug-likeness (QED) is 0.436. The second-order valence-corrected chi connectivity index (χ2v) is 4.76. The number of furan rings is 1. The summed E-state index contributed by atoms with van der Waals surface area (Å²) >= 11 is 6.23. The van der Waals surface area contributed by atoms with E-state index in [9.17, 15) is 0 Å². The topological polar surface area (TPSA) is 13.1 Å². The molecule has 0 spiro atoms. The van der Waals surface area contributed by atoms with Crippen LogP contribution in [0.15, 0.2) is 46.9 Å². The van der Waals surface area contributed by atoms with Crippen LogP contribution < -0.4 is 0 Å². The molecule has 1 aliphatic carbocycles. The Balaban J connectivity index is 2.10. The largest absolute Gasteiger partial charge is 0.456 e. The van der Waals surface area contributed by atoms with Crippen molar-refractivity contribution in [1.29, 1.82) is 0 Å². The molecule has 0 atom stereocenters. The highest BCUT2D eigenvalue weighted by Gasteiger charge is 2.26. The zero-order valence-electron chi connectivity index (χ0n) is 9.03. The van der Waals surface area contributed by atoms with Gasteiger partial charge in [0, 0.05) is 28.0 Å². The van der Waals surface area contributed by atoms with Gasteiger partial charge in [-0.05, 0) is 17.7 Å². The standard InChI is InChI=1S/C15H9ClO/c16-13-6-3-5-10-11(13)8-12-9-4-1-2-7-14(9)17-15(10)12/h1-7H,8H2. The molecule has 0 fully saturated rings. The first kappa shape index (κ1) is 9.32. The van der Waals surface area contributed by atoms with Crippen molar-refractivity contribution in [2.75, 3.05) is 0 Å². The lowest BCUT2D eigenvalue weighted by Crippen LogP contribution is -1.82. The molecule has 1 aromatic heterocycles. The SMILES string of the molecule is Clc1cccc2c1Cc1c-2oc2ccccc12. The molecule has 0 N–H and O–H groups in total. The third kappa shape index (κ3) is 1.15. The van der Waals surface area contributed by atoms with E-state index in [4.69, 9.17) is 16.0 Å². The number of para-hydroxylation sites is 1. The third-order valence-electron chi connectivity index (χ3n) is 3.42. The van der Waals surface area contributed by atoms with Gasteiger partial charge in [-0.15, -0.1) is 0 Å². The van der Waals surface area contributed by atoms with Crippen molar-refractivity contribution in [3.05, 3.63) is 58.6 Å². The molecular weight excluding hydrogens is 232 g/mol. The lowest BCUT2D eigenvalue weighted by atomic mass is 10.1. The molecule has 3 aromatic rings. The van der Waals surface area contributed by atoms with E-state index in [0.717, 1.165) is 28.4 Å². The first-order valence-electron chi connectivity index (χ1n) is 5.63. The molecule has 4 rings (SSSR count). The lowest BCUT2D eigenvalue weighted by molar-refractivity contribution is 0.631.